The Balaban J connectivity index is 2.17. The van der Waals surface area contributed by atoms with E-state index in [1.54, 1.807) is 12.1 Å². The number of aliphatic imine (C=N–C) groups is 1. The van der Waals surface area contributed by atoms with Gasteiger partial charge in [-0.2, -0.15) is 0 Å². The van der Waals surface area contributed by atoms with E-state index in [2.05, 4.69) is 6.58 Å². The van der Waals surface area contributed by atoms with Gasteiger partial charge >= 0.3 is 5.97 Å². The first-order valence-electron chi connectivity index (χ1n) is 8.81. The van der Waals surface area contributed by atoms with Crippen LogP contribution in [-0.2, 0) is 9.53 Å². The number of carbonyl (C=O) groups excluding carboxylic acids is 1. The van der Waals surface area contributed by atoms with E-state index in [0.717, 1.165) is 22.4 Å². The molecule has 140 valence electrons. The fraction of sp³-hybridized carbons (Fsp3) is 0.0833. The van der Waals surface area contributed by atoms with Crippen molar-refractivity contribution < 1.29 is 9.53 Å². The quantitative estimate of drug-likeness (QED) is 0.310. The third kappa shape index (κ3) is 4.56. The first-order valence-corrected chi connectivity index (χ1v) is 9.19. The van der Waals surface area contributed by atoms with Crippen molar-refractivity contribution in [3.63, 3.8) is 0 Å². The van der Waals surface area contributed by atoms with Gasteiger partial charge in [0.2, 0.25) is 0 Å². The monoisotopic (exact) mass is 389 g/mol. The Morgan fingerprint density at radius 3 is 1.86 bits per heavy atom. The molecule has 0 aliphatic rings. The Morgan fingerprint density at radius 2 is 1.39 bits per heavy atom. The van der Waals surface area contributed by atoms with E-state index in [9.17, 15) is 4.79 Å². The minimum Gasteiger partial charge on any atom is -0.466 e. The molecule has 0 fully saturated rings. The highest BCUT2D eigenvalue weighted by Crippen LogP contribution is 2.29. The lowest BCUT2D eigenvalue weighted by atomic mass is 9.97. The first-order chi connectivity index (χ1) is 13.6. The minimum atomic E-state index is -0.597. The zero-order chi connectivity index (χ0) is 19.9. The summed E-state index contributed by atoms with van der Waals surface area (Å²) in [6.45, 7) is 3.95. The molecule has 0 aliphatic carbocycles. The molecular formula is C24H20ClNO2. The van der Waals surface area contributed by atoms with E-state index in [1.807, 2.05) is 72.8 Å². The van der Waals surface area contributed by atoms with Gasteiger partial charge in [-0.1, -0.05) is 91.0 Å². The van der Waals surface area contributed by atoms with Gasteiger partial charge in [0.25, 0.3) is 0 Å². The maximum absolute atomic E-state index is 12.2. The van der Waals surface area contributed by atoms with E-state index >= 15 is 0 Å². The van der Waals surface area contributed by atoms with Crippen molar-refractivity contribution >= 4 is 23.3 Å². The number of halogens is 1. The Labute approximate surface area is 170 Å². The van der Waals surface area contributed by atoms with Gasteiger partial charge in [0.1, 0.15) is 6.04 Å². The third-order valence-corrected chi connectivity index (χ3v) is 4.57. The molecule has 0 aromatic heterocycles. The average Bonchev–Trinajstić information content (AvgIpc) is 2.75. The highest BCUT2D eigenvalue weighted by molar-refractivity contribution is 6.30. The summed E-state index contributed by atoms with van der Waals surface area (Å²) in [7, 11) is 1.34. The molecule has 1 atom stereocenters. The second-order valence-corrected chi connectivity index (χ2v) is 6.62. The number of hydrogen-bond acceptors (Lipinski definition) is 3. The molecular weight excluding hydrogens is 370 g/mol. The van der Waals surface area contributed by atoms with E-state index in [-0.39, 0.29) is 5.57 Å². The van der Waals surface area contributed by atoms with Crippen LogP contribution in [-0.4, -0.2) is 18.8 Å². The molecule has 0 aliphatic heterocycles. The maximum atomic E-state index is 12.2. The normalized spacial score (nSPS) is 11.4. The predicted octanol–water partition coefficient (Wildman–Crippen LogP) is 5.65. The average molecular weight is 390 g/mol. The summed E-state index contributed by atoms with van der Waals surface area (Å²) in [5.74, 6) is -0.496. The van der Waals surface area contributed by atoms with Crippen molar-refractivity contribution in [1.82, 2.24) is 0 Å². The SMILES string of the molecule is C=C(C(=O)OC)[C@H](N=C(c1ccccc1)c1ccccc1)c1ccc(Cl)cc1. The van der Waals surface area contributed by atoms with Crippen molar-refractivity contribution in [2.75, 3.05) is 7.11 Å². The lowest BCUT2D eigenvalue weighted by molar-refractivity contribution is -0.136. The van der Waals surface area contributed by atoms with Crippen LogP contribution < -0.4 is 0 Å². The summed E-state index contributed by atoms with van der Waals surface area (Å²) in [6, 6.07) is 26.3. The molecule has 0 heterocycles. The minimum absolute atomic E-state index is 0.259. The molecule has 3 aromatic carbocycles. The molecule has 0 amide bonds. The molecule has 3 rings (SSSR count). The van der Waals surface area contributed by atoms with Crippen LogP contribution in [0.15, 0.2) is 102 Å². The van der Waals surface area contributed by atoms with Crippen LogP contribution in [0, 0.1) is 0 Å². The fourth-order valence-corrected chi connectivity index (χ4v) is 3.00. The molecule has 0 N–H and O–H groups in total. The number of ether oxygens (including phenoxy) is 1. The second-order valence-electron chi connectivity index (χ2n) is 6.18. The Morgan fingerprint density at radius 1 is 0.893 bits per heavy atom. The van der Waals surface area contributed by atoms with Crippen molar-refractivity contribution in [3.05, 3.63) is 119 Å². The Hall–Kier alpha value is -3.17. The van der Waals surface area contributed by atoms with Gasteiger partial charge in [-0.3, -0.25) is 4.99 Å². The van der Waals surface area contributed by atoms with E-state index < -0.39 is 12.0 Å². The highest BCUT2D eigenvalue weighted by Gasteiger charge is 2.22. The van der Waals surface area contributed by atoms with Crippen molar-refractivity contribution in [3.8, 4) is 0 Å². The topological polar surface area (TPSA) is 38.7 Å². The smallest absolute Gasteiger partial charge is 0.335 e. The van der Waals surface area contributed by atoms with Gasteiger partial charge in [0.15, 0.2) is 0 Å². The number of benzene rings is 3. The van der Waals surface area contributed by atoms with Crippen molar-refractivity contribution in [2.24, 2.45) is 4.99 Å². The van der Waals surface area contributed by atoms with E-state index in [0.29, 0.717) is 5.02 Å². The molecule has 3 aromatic rings. The predicted molar refractivity (Wildman–Crippen MR) is 114 cm³/mol. The largest absolute Gasteiger partial charge is 0.466 e. The fourth-order valence-electron chi connectivity index (χ4n) is 2.88. The summed E-state index contributed by atoms with van der Waals surface area (Å²) in [4.78, 5) is 17.2. The molecule has 0 radical (unpaired) electrons. The lowest BCUT2D eigenvalue weighted by Crippen LogP contribution is -2.14. The summed E-state index contributed by atoms with van der Waals surface area (Å²) in [5, 5.41) is 0.613. The van der Waals surface area contributed by atoms with Gasteiger partial charge in [-0.15, -0.1) is 0 Å². The Kier molecular flexibility index (Phi) is 6.41. The number of esters is 1. The van der Waals surface area contributed by atoms with Gasteiger partial charge in [0.05, 0.1) is 18.4 Å². The van der Waals surface area contributed by atoms with Crippen LogP contribution in [0.5, 0.6) is 0 Å². The molecule has 0 saturated heterocycles. The molecule has 4 heteroatoms. The number of methoxy groups -OCH3 is 1. The first kappa shape index (κ1) is 19.6. The summed E-state index contributed by atoms with van der Waals surface area (Å²) in [6.07, 6.45) is 0. The van der Waals surface area contributed by atoms with Crippen LogP contribution in [0.3, 0.4) is 0 Å². The maximum Gasteiger partial charge on any atom is 0.335 e. The summed E-state index contributed by atoms with van der Waals surface area (Å²) >= 11 is 6.03. The molecule has 3 nitrogen and oxygen atoms in total. The highest BCUT2D eigenvalue weighted by atomic mass is 35.5. The summed E-state index contributed by atoms with van der Waals surface area (Å²) in [5.41, 5.74) is 3.74. The molecule has 28 heavy (non-hydrogen) atoms. The molecule has 0 spiro atoms. The van der Waals surface area contributed by atoms with Gasteiger partial charge in [-0.05, 0) is 17.7 Å². The summed E-state index contributed by atoms with van der Waals surface area (Å²) < 4.78 is 4.90. The third-order valence-electron chi connectivity index (χ3n) is 4.32. The number of nitrogens with zero attached hydrogens (tertiary/aromatic N) is 1. The zero-order valence-electron chi connectivity index (χ0n) is 15.5. The van der Waals surface area contributed by atoms with Gasteiger partial charge in [0, 0.05) is 16.1 Å². The Bertz CT molecular complexity index is 939. The van der Waals surface area contributed by atoms with Crippen molar-refractivity contribution in [1.29, 1.82) is 0 Å². The molecule has 0 unspecified atom stereocenters. The van der Waals surface area contributed by atoms with Gasteiger partial charge in [-0.25, -0.2) is 4.79 Å². The second kappa shape index (κ2) is 9.16. The zero-order valence-corrected chi connectivity index (χ0v) is 16.3. The van der Waals surface area contributed by atoms with E-state index in [1.165, 1.54) is 7.11 Å². The molecule has 0 saturated carbocycles. The van der Waals surface area contributed by atoms with Crippen molar-refractivity contribution in [2.45, 2.75) is 6.04 Å². The number of carbonyl (C=O) groups is 1. The van der Waals surface area contributed by atoms with E-state index in [4.69, 9.17) is 21.3 Å². The van der Waals surface area contributed by atoms with Crippen LogP contribution in [0.25, 0.3) is 0 Å². The molecule has 0 bridgehead atoms. The standard InChI is InChI=1S/C24H20ClNO2/c1-17(24(27)28-2)22(20-13-15-21(25)16-14-20)26-23(18-9-5-3-6-10-18)19-11-7-4-8-12-19/h3-16,22H,1H2,2H3/t22-/m0/s1. The van der Waals surface area contributed by atoms with Crippen LogP contribution in [0.4, 0.5) is 0 Å². The van der Waals surface area contributed by atoms with Crippen LogP contribution in [0.1, 0.15) is 22.7 Å². The number of rotatable bonds is 6. The number of hydrogen-bond donors (Lipinski definition) is 0. The van der Waals surface area contributed by atoms with Crippen LogP contribution in [0.2, 0.25) is 5.02 Å². The van der Waals surface area contributed by atoms with Crippen LogP contribution >= 0.6 is 11.6 Å². The lowest BCUT2D eigenvalue weighted by Gasteiger charge is -2.18. The van der Waals surface area contributed by atoms with Gasteiger partial charge < -0.3 is 4.74 Å².